The molecule has 2 aliphatic heterocycles. The second-order valence-corrected chi connectivity index (χ2v) is 7.43. The van der Waals surface area contributed by atoms with E-state index in [-0.39, 0.29) is 17.8 Å². The number of hydrogen-bond donors (Lipinski definition) is 1. The van der Waals surface area contributed by atoms with Crippen molar-refractivity contribution in [2.75, 3.05) is 19.6 Å². The van der Waals surface area contributed by atoms with E-state index in [2.05, 4.69) is 22.6 Å². The van der Waals surface area contributed by atoms with E-state index >= 15 is 0 Å². The molecule has 0 aliphatic carbocycles. The van der Waals surface area contributed by atoms with Gasteiger partial charge in [0.15, 0.2) is 5.69 Å². The highest BCUT2D eigenvalue weighted by Crippen LogP contribution is 2.36. The average Bonchev–Trinajstić information content (AvgIpc) is 3.29. The molecule has 0 bridgehead atoms. The van der Waals surface area contributed by atoms with E-state index in [9.17, 15) is 9.18 Å². The van der Waals surface area contributed by atoms with E-state index in [0.717, 1.165) is 37.9 Å². The molecule has 2 aromatic rings. The lowest BCUT2D eigenvalue weighted by Crippen LogP contribution is -2.31. The van der Waals surface area contributed by atoms with Crippen molar-refractivity contribution >= 4 is 5.91 Å². The molecule has 0 spiro atoms. The summed E-state index contributed by atoms with van der Waals surface area (Å²) in [5, 5.41) is 11.7. The van der Waals surface area contributed by atoms with Crippen LogP contribution in [0.1, 0.15) is 54.3 Å². The SMILES string of the molecule is CC1CC(c2cccc(F)c2)N(C(=O)c2cn(C3CCNCC3)nn2)C1. The lowest BCUT2D eigenvalue weighted by Gasteiger charge is -2.24. The zero-order valence-electron chi connectivity index (χ0n) is 14.9. The molecule has 2 unspecified atom stereocenters. The Balaban J connectivity index is 1.55. The minimum Gasteiger partial charge on any atom is -0.330 e. The zero-order valence-corrected chi connectivity index (χ0v) is 14.9. The van der Waals surface area contributed by atoms with E-state index in [1.807, 2.05) is 15.6 Å². The third-order valence-electron chi connectivity index (χ3n) is 5.42. The van der Waals surface area contributed by atoms with Crippen LogP contribution in [0.3, 0.4) is 0 Å². The van der Waals surface area contributed by atoms with Crippen molar-refractivity contribution in [3.8, 4) is 0 Å². The van der Waals surface area contributed by atoms with Crippen molar-refractivity contribution in [1.29, 1.82) is 0 Å². The van der Waals surface area contributed by atoms with Crippen LogP contribution in [0.25, 0.3) is 0 Å². The molecule has 2 aliphatic rings. The third-order valence-corrected chi connectivity index (χ3v) is 5.42. The summed E-state index contributed by atoms with van der Waals surface area (Å²) in [6.07, 6.45) is 4.58. The minimum atomic E-state index is -0.272. The average molecular weight is 357 g/mol. The Labute approximate surface area is 152 Å². The third kappa shape index (κ3) is 3.35. The molecular formula is C19H24FN5O. The summed E-state index contributed by atoms with van der Waals surface area (Å²) in [5.74, 6) is -0.0261. The Morgan fingerprint density at radius 1 is 1.31 bits per heavy atom. The first kappa shape index (κ1) is 17.1. The fraction of sp³-hybridized carbons (Fsp3) is 0.526. The first-order chi connectivity index (χ1) is 12.6. The normalized spacial score (nSPS) is 24.2. The topological polar surface area (TPSA) is 63.1 Å². The molecule has 7 heteroatoms. The lowest BCUT2D eigenvalue weighted by atomic mass is 10.0. The fourth-order valence-electron chi connectivity index (χ4n) is 4.07. The van der Waals surface area contributed by atoms with Gasteiger partial charge in [-0.05, 0) is 56.0 Å². The van der Waals surface area contributed by atoms with Gasteiger partial charge in [0.25, 0.3) is 5.91 Å². The van der Waals surface area contributed by atoms with E-state index in [0.29, 0.717) is 24.2 Å². The molecule has 1 aromatic heterocycles. The Morgan fingerprint density at radius 3 is 2.88 bits per heavy atom. The molecule has 6 nitrogen and oxygen atoms in total. The van der Waals surface area contributed by atoms with Gasteiger partial charge in [-0.25, -0.2) is 9.07 Å². The number of rotatable bonds is 3. The monoisotopic (exact) mass is 357 g/mol. The van der Waals surface area contributed by atoms with Crippen LogP contribution in [0, 0.1) is 11.7 Å². The molecule has 1 N–H and O–H groups in total. The quantitative estimate of drug-likeness (QED) is 0.917. The van der Waals surface area contributed by atoms with Crippen LogP contribution in [0.2, 0.25) is 0 Å². The van der Waals surface area contributed by atoms with Crippen LogP contribution in [-0.2, 0) is 0 Å². The number of halogens is 1. The van der Waals surface area contributed by atoms with Gasteiger partial charge in [-0.2, -0.15) is 0 Å². The van der Waals surface area contributed by atoms with Crippen molar-refractivity contribution in [1.82, 2.24) is 25.2 Å². The van der Waals surface area contributed by atoms with Crippen LogP contribution in [0.4, 0.5) is 4.39 Å². The molecule has 26 heavy (non-hydrogen) atoms. The van der Waals surface area contributed by atoms with Crippen LogP contribution >= 0.6 is 0 Å². The number of benzene rings is 1. The largest absolute Gasteiger partial charge is 0.330 e. The molecule has 2 saturated heterocycles. The van der Waals surface area contributed by atoms with Crippen molar-refractivity contribution in [3.63, 3.8) is 0 Å². The first-order valence-corrected chi connectivity index (χ1v) is 9.31. The van der Waals surface area contributed by atoms with Crippen LogP contribution in [-0.4, -0.2) is 45.4 Å². The van der Waals surface area contributed by atoms with Gasteiger partial charge >= 0.3 is 0 Å². The number of nitrogens with one attached hydrogen (secondary N) is 1. The summed E-state index contributed by atoms with van der Waals surface area (Å²) < 4.78 is 15.5. The Kier molecular flexibility index (Phi) is 4.72. The summed E-state index contributed by atoms with van der Waals surface area (Å²) in [7, 11) is 0. The van der Waals surface area contributed by atoms with Crippen LogP contribution in [0.15, 0.2) is 30.5 Å². The highest BCUT2D eigenvalue weighted by molar-refractivity contribution is 5.92. The van der Waals surface area contributed by atoms with Gasteiger partial charge in [0, 0.05) is 6.54 Å². The van der Waals surface area contributed by atoms with Crippen LogP contribution < -0.4 is 5.32 Å². The summed E-state index contributed by atoms with van der Waals surface area (Å²) >= 11 is 0. The maximum atomic E-state index is 13.6. The molecule has 0 radical (unpaired) electrons. The van der Waals surface area contributed by atoms with Crippen molar-refractivity contribution in [2.24, 2.45) is 5.92 Å². The smallest absolute Gasteiger partial charge is 0.276 e. The molecule has 2 atom stereocenters. The number of piperidine rings is 1. The van der Waals surface area contributed by atoms with Gasteiger partial charge in [0.2, 0.25) is 0 Å². The zero-order chi connectivity index (χ0) is 18.1. The number of likely N-dealkylation sites (tertiary alicyclic amines) is 1. The molecule has 1 amide bonds. The van der Waals surface area contributed by atoms with Crippen molar-refractivity contribution < 1.29 is 9.18 Å². The fourth-order valence-corrected chi connectivity index (χ4v) is 4.07. The summed E-state index contributed by atoms with van der Waals surface area (Å²) in [5.41, 5.74) is 1.22. The summed E-state index contributed by atoms with van der Waals surface area (Å²) in [6, 6.07) is 6.72. The minimum absolute atomic E-state index is 0.114. The van der Waals surface area contributed by atoms with Gasteiger partial charge in [-0.3, -0.25) is 4.79 Å². The van der Waals surface area contributed by atoms with E-state index in [1.165, 1.54) is 12.1 Å². The highest BCUT2D eigenvalue weighted by Gasteiger charge is 2.36. The van der Waals surface area contributed by atoms with Gasteiger partial charge in [-0.15, -0.1) is 5.10 Å². The lowest BCUT2D eigenvalue weighted by molar-refractivity contribution is 0.0726. The maximum absolute atomic E-state index is 13.6. The summed E-state index contributed by atoms with van der Waals surface area (Å²) in [4.78, 5) is 14.9. The van der Waals surface area contributed by atoms with Crippen molar-refractivity contribution in [3.05, 3.63) is 47.5 Å². The number of amides is 1. The highest BCUT2D eigenvalue weighted by atomic mass is 19.1. The van der Waals surface area contributed by atoms with E-state index < -0.39 is 0 Å². The Bertz CT molecular complexity index is 786. The standard InChI is InChI=1S/C19H24FN5O/c1-13-9-18(14-3-2-4-15(20)10-14)24(11-13)19(26)17-12-25(23-22-17)16-5-7-21-8-6-16/h2-4,10,12-13,16,18,21H,5-9,11H2,1H3. The molecule has 3 heterocycles. The van der Waals surface area contributed by atoms with Gasteiger partial charge in [-0.1, -0.05) is 24.3 Å². The first-order valence-electron chi connectivity index (χ1n) is 9.31. The number of aromatic nitrogens is 3. The van der Waals surface area contributed by atoms with Gasteiger partial charge in [0.1, 0.15) is 5.82 Å². The van der Waals surface area contributed by atoms with Crippen molar-refractivity contribution in [2.45, 2.75) is 38.3 Å². The molecule has 0 saturated carbocycles. The molecular weight excluding hydrogens is 333 g/mol. The molecule has 138 valence electrons. The second-order valence-electron chi connectivity index (χ2n) is 7.43. The summed E-state index contributed by atoms with van der Waals surface area (Å²) in [6.45, 7) is 4.68. The van der Waals surface area contributed by atoms with E-state index in [4.69, 9.17) is 0 Å². The Morgan fingerprint density at radius 2 is 2.12 bits per heavy atom. The second kappa shape index (κ2) is 7.15. The maximum Gasteiger partial charge on any atom is 0.276 e. The predicted molar refractivity (Wildman–Crippen MR) is 95.1 cm³/mol. The number of hydrogen-bond acceptors (Lipinski definition) is 4. The predicted octanol–water partition coefficient (Wildman–Crippen LogP) is 2.57. The number of carbonyl (C=O) groups is 1. The van der Waals surface area contributed by atoms with E-state index in [1.54, 1.807) is 12.3 Å². The van der Waals surface area contributed by atoms with Crippen LogP contribution in [0.5, 0.6) is 0 Å². The molecule has 4 rings (SSSR count). The van der Waals surface area contributed by atoms with Gasteiger partial charge < -0.3 is 10.2 Å². The van der Waals surface area contributed by atoms with Gasteiger partial charge in [0.05, 0.1) is 18.3 Å². The number of carbonyl (C=O) groups excluding carboxylic acids is 1. The molecule has 1 aromatic carbocycles. The number of nitrogens with zero attached hydrogens (tertiary/aromatic N) is 4. The molecule has 2 fully saturated rings. The Hall–Kier alpha value is -2.28.